The van der Waals surface area contributed by atoms with Gasteiger partial charge in [0.25, 0.3) is 0 Å². The van der Waals surface area contributed by atoms with E-state index in [0.717, 1.165) is 48.1 Å². The minimum atomic E-state index is -0.0732. The number of rotatable bonds is 2. The van der Waals surface area contributed by atoms with E-state index in [0.29, 0.717) is 0 Å². The third-order valence-corrected chi connectivity index (χ3v) is 3.73. The summed E-state index contributed by atoms with van der Waals surface area (Å²) in [5.41, 5.74) is 2.68. The van der Waals surface area contributed by atoms with Gasteiger partial charge < -0.3 is 10.6 Å². The second-order valence-electron chi connectivity index (χ2n) is 5.32. The van der Waals surface area contributed by atoms with Gasteiger partial charge in [-0.1, -0.05) is 24.6 Å². The van der Waals surface area contributed by atoms with Crippen LogP contribution < -0.4 is 10.6 Å². The fraction of sp³-hybridized carbons (Fsp3) is 0.375. The van der Waals surface area contributed by atoms with Gasteiger partial charge in [-0.3, -0.25) is 9.78 Å². The zero-order valence-electron chi connectivity index (χ0n) is 11.6. The molecule has 0 radical (unpaired) electrons. The number of fused-ring (bicyclic) bond motifs is 1. The number of para-hydroxylation sites is 1. The Morgan fingerprint density at radius 2 is 2.20 bits per heavy atom. The van der Waals surface area contributed by atoms with Gasteiger partial charge in [-0.05, 0) is 38.4 Å². The highest BCUT2D eigenvalue weighted by Crippen LogP contribution is 2.23. The quantitative estimate of drug-likeness (QED) is 0.881. The van der Waals surface area contributed by atoms with Crippen molar-refractivity contribution in [3.8, 4) is 0 Å². The molecule has 2 aromatic rings. The standard InChI is InChI=1S/C16H19N3O/c1-11-10-15(12-6-2-3-7-13(12)18-11)19-16(20)14-8-4-5-9-17-14/h2-3,6-7,10,14,17H,4-5,8-9H2,1H3,(H,18,19,20)/t14-/m0/s1. The SMILES string of the molecule is Cc1cc(NC(=O)[C@@H]2CCCCN2)c2ccccc2n1. The van der Waals surface area contributed by atoms with Crippen LogP contribution in [0.3, 0.4) is 0 Å². The topological polar surface area (TPSA) is 54.0 Å². The highest BCUT2D eigenvalue weighted by atomic mass is 16.2. The van der Waals surface area contributed by atoms with Crippen molar-refractivity contribution < 1.29 is 4.79 Å². The van der Waals surface area contributed by atoms with Crippen molar-refractivity contribution in [3.63, 3.8) is 0 Å². The number of nitrogens with zero attached hydrogens (tertiary/aromatic N) is 1. The molecule has 20 heavy (non-hydrogen) atoms. The van der Waals surface area contributed by atoms with Crippen molar-refractivity contribution in [1.29, 1.82) is 0 Å². The normalized spacial score (nSPS) is 18.9. The molecule has 0 bridgehead atoms. The third kappa shape index (κ3) is 2.65. The average molecular weight is 269 g/mol. The minimum Gasteiger partial charge on any atom is -0.324 e. The van der Waals surface area contributed by atoms with E-state index in [9.17, 15) is 4.79 Å². The van der Waals surface area contributed by atoms with Gasteiger partial charge in [-0.2, -0.15) is 0 Å². The molecule has 2 heterocycles. The van der Waals surface area contributed by atoms with Crippen LogP contribution in [0, 0.1) is 6.92 Å². The number of aromatic nitrogens is 1. The Balaban J connectivity index is 1.88. The van der Waals surface area contributed by atoms with Crippen molar-refractivity contribution in [2.45, 2.75) is 32.2 Å². The van der Waals surface area contributed by atoms with Gasteiger partial charge in [0, 0.05) is 11.1 Å². The summed E-state index contributed by atoms with van der Waals surface area (Å²) in [6.45, 7) is 2.87. The maximum Gasteiger partial charge on any atom is 0.241 e. The summed E-state index contributed by atoms with van der Waals surface area (Å²) in [5.74, 6) is 0.0560. The molecule has 4 heteroatoms. The first-order valence-corrected chi connectivity index (χ1v) is 7.15. The van der Waals surface area contributed by atoms with Crippen LogP contribution in [-0.2, 0) is 4.79 Å². The molecule has 3 rings (SSSR count). The molecule has 1 aromatic heterocycles. The summed E-state index contributed by atoms with van der Waals surface area (Å²) < 4.78 is 0. The number of carbonyl (C=O) groups excluding carboxylic acids is 1. The van der Waals surface area contributed by atoms with Crippen LogP contribution in [0.25, 0.3) is 10.9 Å². The zero-order chi connectivity index (χ0) is 13.9. The molecule has 2 N–H and O–H groups in total. The van der Waals surface area contributed by atoms with Crippen LogP contribution in [0.4, 0.5) is 5.69 Å². The van der Waals surface area contributed by atoms with Crippen molar-refractivity contribution in [1.82, 2.24) is 10.3 Å². The number of aryl methyl sites for hydroxylation is 1. The van der Waals surface area contributed by atoms with Crippen LogP contribution in [-0.4, -0.2) is 23.5 Å². The Morgan fingerprint density at radius 3 is 3.00 bits per heavy atom. The van der Waals surface area contributed by atoms with Crippen LogP contribution in [0.5, 0.6) is 0 Å². The highest BCUT2D eigenvalue weighted by Gasteiger charge is 2.21. The molecule has 0 aliphatic carbocycles. The molecule has 0 saturated carbocycles. The number of benzene rings is 1. The first-order chi connectivity index (χ1) is 9.74. The zero-order valence-corrected chi connectivity index (χ0v) is 11.6. The molecule has 0 unspecified atom stereocenters. The maximum absolute atomic E-state index is 12.3. The lowest BCUT2D eigenvalue weighted by Gasteiger charge is -2.23. The van der Waals surface area contributed by atoms with Crippen LogP contribution in [0.15, 0.2) is 30.3 Å². The van der Waals surface area contributed by atoms with E-state index in [4.69, 9.17) is 0 Å². The fourth-order valence-corrected chi connectivity index (χ4v) is 2.71. The highest BCUT2D eigenvalue weighted by molar-refractivity contribution is 6.02. The van der Waals surface area contributed by atoms with E-state index in [1.807, 2.05) is 37.3 Å². The number of hydrogen-bond donors (Lipinski definition) is 2. The Labute approximate surface area is 118 Å². The smallest absolute Gasteiger partial charge is 0.241 e. The van der Waals surface area contributed by atoms with Crippen molar-refractivity contribution in [3.05, 3.63) is 36.0 Å². The monoisotopic (exact) mass is 269 g/mol. The Kier molecular flexibility index (Phi) is 3.65. The second-order valence-corrected chi connectivity index (χ2v) is 5.32. The lowest BCUT2D eigenvalue weighted by Crippen LogP contribution is -2.43. The van der Waals surface area contributed by atoms with Gasteiger partial charge in [0.15, 0.2) is 0 Å². The van der Waals surface area contributed by atoms with Crippen LogP contribution in [0.1, 0.15) is 25.0 Å². The number of piperidine rings is 1. The van der Waals surface area contributed by atoms with Gasteiger partial charge in [0.2, 0.25) is 5.91 Å². The fourth-order valence-electron chi connectivity index (χ4n) is 2.71. The summed E-state index contributed by atoms with van der Waals surface area (Å²) in [5, 5.41) is 7.32. The van der Waals surface area contributed by atoms with Crippen molar-refractivity contribution in [2.24, 2.45) is 0 Å². The summed E-state index contributed by atoms with van der Waals surface area (Å²) in [6, 6.07) is 9.75. The lowest BCUT2D eigenvalue weighted by molar-refractivity contribution is -0.118. The molecule has 1 aliphatic rings. The van der Waals surface area contributed by atoms with Crippen molar-refractivity contribution in [2.75, 3.05) is 11.9 Å². The van der Waals surface area contributed by atoms with E-state index in [1.54, 1.807) is 0 Å². The minimum absolute atomic E-state index is 0.0560. The molecular formula is C16H19N3O. The van der Waals surface area contributed by atoms with Gasteiger partial charge in [-0.25, -0.2) is 0 Å². The molecule has 1 aliphatic heterocycles. The van der Waals surface area contributed by atoms with Crippen LogP contribution >= 0.6 is 0 Å². The van der Waals surface area contributed by atoms with Gasteiger partial charge in [0.1, 0.15) is 0 Å². The molecule has 104 valence electrons. The molecule has 1 atom stereocenters. The summed E-state index contributed by atoms with van der Waals surface area (Å²) in [7, 11) is 0. The lowest BCUT2D eigenvalue weighted by atomic mass is 10.0. The van der Waals surface area contributed by atoms with Gasteiger partial charge in [0.05, 0.1) is 17.2 Å². The Morgan fingerprint density at radius 1 is 1.35 bits per heavy atom. The average Bonchev–Trinajstić information content (AvgIpc) is 2.48. The molecule has 1 aromatic carbocycles. The van der Waals surface area contributed by atoms with E-state index in [2.05, 4.69) is 15.6 Å². The van der Waals surface area contributed by atoms with Gasteiger partial charge >= 0.3 is 0 Å². The molecule has 0 spiro atoms. The molecule has 1 fully saturated rings. The summed E-state index contributed by atoms with van der Waals surface area (Å²) >= 11 is 0. The Hall–Kier alpha value is -1.94. The predicted molar refractivity (Wildman–Crippen MR) is 80.8 cm³/mol. The van der Waals surface area contributed by atoms with Crippen molar-refractivity contribution >= 4 is 22.5 Å². The number of amides is 1. The van der Waals surface area contributed by atoms with E-state index >= 15 is 0 Å². The predicted octanol–water partition coefficient (Wildman–Crippen LogP) is 2.62. The Bertz CT molecular complexity index is 633. The number of pyridine rings is 1. The molecular weight excluding hydrogens is 250 g/mol. The number of anilines is 1. The van der Waals surface area contributed by atoms with Gasteiger partial charge in [-0.15, -0.1) is 0 Å². The number of hydrogen-bond acceptors (Lipinski definition) is 3. The molecule has 1 saturated heterocycles. The third-order valence-electron chi connectivity index (χ3n) is 3.73. The van der Waals surface area contributed by atoms with E-state index in [1.165, 1.54) is 0 Å². The maximum atomic E-state index is 12.3. The number of nitrogens with one attached hydrogen (secondary N) is 2. The second kappa shape index (κ2) is 5.59. The van der Waals surface area contributed by atoms with E-state index < -0.39 is 0 Å². The first-order valence-electron chi connectivity index (χ1n) is 7.15. The number of carbonyl (C=O) groups is 1. The molecule has 1 amide bonds. The van der Waals surface area contributed by atoms with E-state index in [-0.39, 0.29) is 11.9 Å². The summed E-state index contributed by atoms with van der Waals surface area (Å²) in [4.78, 5) is 16.8. The summed E-state index contributed by atoms with van der Waals surface area (Å²) in [6.07, 6.45) is 3.18. The molecule has 4 nitrogen and oxygen atoms in total. The first kappa shape index (κ1) is 13.1. The van der Waals surface area contributed by atoms with Crippen LogP contribution in [0.2, 0.25) is 0 Å². The largest absolute Gasteiger partial charge is 0.324 e.